The second-order valence-corrected chi connectivity index (χ2v) is 5.84. The van der Waals surface area contributed by atoms with Crippen LogP contribution in [-0.2, 0) is 4.79 Å². The predicted octanol–water partition coefficient (Wildman–Crippen LogP) is 3.90. The van der Waals surface area contributed by atoms with Crippen LogP contribution < -0.4 is 14.8 Å². The molecule has 3 aromatic rings. The number of pyridine rings is 1. The first-order valence-electron chi connectivity index (χ1n) is 8.83. The number of methoxy groups -OCH3 is 1. The van der Waals surface area contributed by atoms with Crippen LogP contribution in [0, 0.1) is 11.8 Å². The molecule has 0 radical (unpaired) electrons. The highest BCUT2D eigenvalue weighted by molar-refractivity contribution is 5.90. The fourth-order valence-electron chi connectivity index (χ4n) is 2.46. The van der Waals surface area contributed by atoms with Crippen LogP contribution in [0.2, 0.25) is 0 Å². The van der Waals surface area contributed by atoms with Gasteiger partial charge in [0.05, 0.1) is 20.1 Å². The van der Waals surface area contributed by atoms with Crippen molar-refractivity contribution in [3.63, 3.8) is 0 Å². The second-order valence-electron chi connectivity index (χ2n) is 5.84. The number of aromatic nitrogens is 1. The Balaban J connectivity index is 1.54. The lowest BCUT2D eigenvalue weighted by atomic mass is 10.2. The molecule has 140 valence electrons. The third-order valence-electron chi connectivity index (χ3n) is 3.80. The molecule has 0 aliphatic rings. The summed E-state index contributed by atoms with van der Waals surface area (Å²) in [5.74, 6) is 7.17. The molecule has 1 heterocycles. The van der Waals surface area contributed by atoms with E-state index in [2.05, 4.69) is 22.1 Å². The summed E-state index contributed by atoms with van der Waals surface area (Å²) in [6.45, 7) is 0.255. The molecule has 1 aromatic heterocycles. The normalized spacial score (nSPS) is 9.75. The van der Waals surface area contributed by atoms with Crippen molar-refractivity contribution >= 4 is 11.6 Å². The Morgan fingerprint density at radius 3 is 2.61 bits per heavy atom. The topological polar surface area (TPSA) is 60.5 Å². The number of hydrogen-bond acceptors (Lipinski definition) is 4. The fraction of sp³-hybridized carbons (Fsp3) is 0.130. The maximum atomic E-state index is 12.2. The van der Waals surface area contributed by atoms with Crippen LogP contribution in [0.15, 0.2) is 72.9 Å². The zero-order chi connectivity index (χ0) is 19.6. The standard InChI is InChI=1S/C23H20N2O3/c1-27-21-10-2-3-11-22(21)28-16-14-23(26)25-20-9-6-7-18(17-20)12-13-19-8-4-5-15-24-19/h2-11,15,17H,14,16H2,1H3,(H,25,26). The van der Waals surface area contributed by atoms with Crippen molar-refractivity contribution in [2.24, 2.45) is 0 Å². The van der Waals surface area contributed by atoms with Crippen LogP contribution in [-0.4, -0.2) is 24.6 Å². The molecule has 0 saturated heterocycles. The molecular weight excluding hydrogens is 352 g/mol. The van der Waals surface area contributed by atoms with E-state index in [1.165, 1.54) is 0 Å². The zero-order valence-electron chi connectivity index (χ0n) is 15.5. The molecular formula is C23H20N2O3. The van der Waals surface area contributed by atoms with Crippen LogP contribution in [0.4, 0.5) is 5.69 Å². The Kier molecular flexibility index (Phi) is 6.64. The Morgan fingerprint density at radius 2 is 1.82 bits per heavy atom. The van der Waals surface area contributed by atoms with E-state index in [0.29, 0.717) is 22.9 Å². The highest BCUT2D eigenvalue weighted by Crippen LogP contribution is 2.25. The molecule has 2 aromatic carbocycles. The highest BCUT2D eigenvalue weighted by atomic mass is 16.5. The molecule has 0 saturated carbocycles. The van der Waals surface area contributed by atoms with Crippen molar-refractivity contribution in [2.45, 2.75) is 6.42 Å². The molecule has 0 atom stereocenters. The average Bonchev–Trinajstić information content (AvgIpc) is 2.73. The summed E-state index contributed by atoms with van der Waals surface area (Å²) in [7, 11) is 1.58. The molecule has 0 unspecified atom stereocenters. The number of nitrogens with one attached hydrogen (secondary N) is 1. The number of rotatable bonds is 6. The van der Waals surface area contributed by atoms with E-state index in [0.717, 1.165) is 5.56 Å². The van der Waals surface area contributed by atoms with Crippen LogP contribution in [0.3, 0.4) is 0 Å². The van der Waals surface area contributed by atoms with Gasteiger partial charge in [0, 0.05) is 17.4 Å². The van der Waals surface area contributed by atoms with Gasteiger partial charge in [-0.05, 0) is 48.4 Å². The maximum absolute atomic E-state index is 12.2. The summed E-state index contributed by atoms with van der Waals surface area (Å²) in [5, 5.41) is 2.86. The number of benzene rings is 2. The highest BCUT2D eigenvalue weighted by Gasteiger charge is 2.06. The number of anilines is 1. The minimum Gasteiger partial charge on any atom is -0.493 e. The first-order chi connectivity index (χ1) is 13.7. The van der Waals surface area contributed by atoms with Crippen molar-refractivity contribution in [3.05, 3.63) is 84.2 Å². The summed E-state index contributed by atoms with van der Waals surface area (Å²) in [4.78, 5) is 16.3. The maximum Gasteiger partial charge on any atom is 0.227 e. The SMILES string of the molecule is COc1ccccc1OCCC(=O)Nc1cccc(C#Cc2ccccn2)c1. The Hall–Kier alpha value is -3.78. The van der Waals surface area contributed by atoms with Crippen LogP contribution in [0.25, 0.3) is 0 Å². The minimum absolute atomic E-state index is 0.135. The number of ether oxygens (including phenoxy) is 2. The van der Waals surface area contributed by atoms with Gasteiger partial charge in [-0.2, -0.15) is 0 Å². The van der Waals surface area contributed by atoms with Crippen molar-refractivity contribution in [1.82, 2.24) is 4.98 Å². The van der Waals surface area contributed by atoms with Crippen LogP contribution in [0.5, 0.6) is 11.5 Å². The van der Waals surface area contributed by atoms with E-state index >= 15 is 0 Å². The summed E-state index contributed by atoms with van der Waals surface area (Å²) in [6.07, 6.45) is 1.93. The molecule has 0 bridgehead atoms. The van der Waals surface area contributed by atoms with Gasteiger partial charge in [-0.1, -0.05) is 30.2 Å². The minimum atomic E-state index is -0.135. The summed E-state index contributed by atoms with van der Waals surface area (Å²) >= 11 is 0. The third-order valence-corrected chi connectivity index (χ3v) is 3.80. The molecule has 28 heavy (non-hydrogen) atoms. The van der Waals surface area contributed by atoms with Crippen LogP contribution >= 0.6 is 0 Å². The van der Waals surface area contributed by atoms with Crippen molar-refractivity contribution in [3.8, 4) is 23.3 Å². The van der Waals surface area contributed by atoms with E-state index in [-0.39, 0.29) is 18.9 Å². The van der Waals surface area contributed by atoms with E-state index < -0.39 is 0 Å². The molecule has 5 nitrogen and oxygen atoms in total. The van der Waals surface area contributed by atoms with Gasteiger partial charge < -0.3 is 14.8 Å². The molecule has 5 heteroatoms. The van der Waals surface area contributed by atoms with Crippen molar-refractivity contribution < 1.29 is 14.3 Å². The predicted molar refractivity (Wildman–Crippen MR) is 108 cm³/mol. The van der Waals surface area contributed by atoms with E-state index in [4.69, 9.17) is 9.47 Å². The van der Waals surface area contributed by atoms with Gasteiger partial charge in [0.15, 0.2) is 11.5 Å². The van der Waals surface area contributed by atoms with Crippen molar-refractivity contribution in [2.75, 3.05) is 19.0 Å². The van der Waals surface area contributed by atoms with Gasteiger partial charge in [-0.3, -0.25) is 4.79 Å². The first-order valence-corrected chi connectivity index (χ1v) is 8.83. The largest absolute Gasteiger partial charge is 0.493 e. The van der Waals surface area contributed by atoms with E-state index in [1.807, 2.05) is 60.7 Å². The number of nitrogens with zero attached hydrogens (tertiary/aromatic N) is 1. The third kappa shape index (κ3) is 5.61. The number of amides is 1. The lowest BCUT2D eigenvalue weighted by Crippen LogP contribution is -2.15. The van der Waals surface area contributed by atoms with Gasteiger partial charge in [0.25, 0.3) is 0 Å². The van der Waals surface area contributed by atoms with Gasteiger partial charge >= 0.3 is 0 Å². The zero-order valence-corrected chi connectivity index (χ0v) is 15.5. The van der Waals surface area contributed by atoms with Gasteiger partial charge in [0.2, 0.25) is 5.91 Å². The van der Waals surface area contributed by atoms with E-state index in [1.54, 1.807) is 19.4 Å². The van der Waals surface area contributed by atoms with Crippen LogP contribution in [0.1, 0.15) is 17.7 Å². The molecule has 0 aliphatic heterocycles. The summed E-state index contributed by atoms with van der Waals surface area (Å²) < 4.78 is 10.9. The molecule has 0 spiro atoms. The lowest BCUT2D eigenvalue weighted by molar-refractivity contribution is -0.116. The Morgan fingerprint density at radius 1 is 1.00 bits per heavy atom. The first kappa shape index (κ1) is 19.0. The van der Waals surface area contributed by atoms with Gasteiger partial charge in [-0.15, -0.1) is 0 Å². The number of carbonyl (C=O) groups excluding carboxylic acids is 1. The fourth-order valence-corrected chi connectivity index (χ4v) is 2.46. The summed E-state index contributed by atoms with van der Waals surface area (Å²) in [5.41, 5.74) is 2.19. The average molecular weight is 372 g/mol. The van der Waals surface area contributed by atoms with E-state index in [9.17, 15) is 4.79 Å². The molecule has 3 rings (SSSR count). The molecule has 1 N–H and O–H groups in total. The van der Waals surface area contributed by atoms with Crippen molar-refractivity contribution in [1.29, 1.82) is 0 Å². The summed E-state index contributed by atoms with van der Waals surface area (Å²) in [6, 6.07) is 20.3. The number of carbonyl (C=O) groups is 1. The van der Waals surface area contributed by atoms with Gasteiger partial charge in [0.1, 0.15) is 5.69 Å². The quantitative estimate of drug-likeness (QED) is 0.667. The number of para-hydroxylation sites is 2. The van der Waals surface area contributed by atoms with Gasteiger partial charge in [-0.25, -0.2) is 4.98 Å². The molecule has 0 aliphatic carbocycles. The Bertz CT molecular complexity index is 991. The number of hydrogen-bond donors (Lipinski definition) is 1. The Labute approximate surface area is 164 Å². The second kappa shape index (κ2) is 9.79. The monoisotopic (exact) mass is 372 g/mol. The molecule has 0 fully saturated rings. The lowest BCUT2D eigenvalue weighted by Gasteiger charge is -2.10. The molecule has 1 amide bonds. The smallest absolute Gasteiger partial charge is 0.227 e.